The molecule has 0 unspecified atom stereocenters. The molecule has 0 spiro atoms. The Hall–Kier alpha value is -2.38. The number of aliphatic hydroxyl groups is 1. The Balaban J connectivity index is 2.07. The van der Waals surface area contributed by atoms with Crippen molar-refractivity contribution in [1.29, 1.82) is 0 Å². The summed E-state index contributed by atoms with van der Waals surface area (Å²) < 4.78 is 10.6. The Bertz CT molecular complexity index is 702. The highest BCUT2D eigenvalue weighted by molar-refractivity contribution is 5.68. The third-order valence-corrected chi connectivity index (χ3v) is 3.97. The molecule has 128 valence electrons. The standard InChI is InChI=1S/C17H21N3O4/c1-23-13-4-2-3-12(11-13)15-14(5-8-21)16(22)19-17(18-15)20-6-9-24-10-7-20/h2-4,11,21H,5-10H2,1H3,(H,18,19,22). The van der Waals surface area contributed by atoms with Crippen molar-refractivity contribution in [2.24, 2.45) is 0 Å². The molecule has 2 heterocycles. The molecule has 0 saturated carbocycles. The normalized spacial score (nSPS) is 14.7. The van der Waals surface area contributed by atoms with Gasteiger partial charge < -0.3 is 24.6 Å². The minimum atomic E-state index is -0.0987. The van der Waals surface area contributed by atoms with Crippen molar-refractivity contribution in [1.82, 2.24) is 9.97 Å². The first-order valence-corrected chi connectivity index (χ1v) is 7.90. The number of aromatic hydroxyl groups is 1. The third kappa shape index (κ3) is 3.42. The summed E-state index contributed by atoms with van der Waals surface area (Å²) in [6.07, 6.45) is 0.280. The van der Waals surface area contributed by atoms with Crippen LogP contribution in [0.4, 0.5) is 5.95 Å². The van der Waals surface area contributed by atoms with Gasteiger partial charge in [0.15, 0.2) is 0 Å². The predicted octanol–water partition coefficient (Wildman–Crippen LogP) is 1.23. The number of benzene rings is 1. The largest absolute Gasteiger partial charge is 0.497 e. The average Bonchev–Trinajstić information content (AvgIpc) is 2.64. The number of morpholine rings is 1. The number of rotatable bonds is 5. The molecule has 0 amide bonds. The molecule has 0 atom stereocenters. The van der Waals surface area contributed by atoms with Crippen LogP contribution >= 0.6 is 0 Å². The topological polar surface area (TPSA) is 87.9 Å². The van der Waals surface area contributed by atoms with Gasteiger partial charge in [-0.15, -0.1) is 0 Å². The van der Waals surface area contributed by atoms with Crippen molar-refractivity contribution in [3.8, 4) is 22.9 Å². The Morgan fingerprint density at radius 1 is 1.25 bits per heavy atom. The van der Waals surface area contributed by atoms with Gasteiger partial charge in [0.05, 0.1) is 26.0 Å². The number of methoxy groups -OCH3 is 1. The fraction of sp³-hybridized carbons (Fsp3) is 0.412. The van der Waals surface area contributed by atoms with Crippen LogP contribution in [0.5, 0.6) is 11.6 Å². The molecule has 1 aliphatic heterocycles. The molecule has 7 nitrogen and oxygen atoms in total. The van der Waals surface area contributed by atoms with Crippen LogP contribution in [-0.4, -0.2) is 60.2 Å². The summed E-state index contributed by atoms with van der Waals surface area (Å²) in [4.78, 5) is 10.9. The second-order valence-electron chi connectivity index (χ2n) is 5.48. The minimum absolute atomic E-state index is 0.0925. The van der Waals surface area contributed by atoms with Crippen LogP contribution in [0.25, 0.3) is 11.3 Å². The van der Waals surface area contributed by atoms with Crippen LogP contribution in [0.2, 0.25) is 0 Å². The monoisotopic (exact) mass is 331 g/mol. The van der Waals surface area contributed by atoms with E-state index in [1.54, 1.807) is 7.11 Å². The van der Waals surface area contributed by atoms with Crippen molar-refractivity contribution >= 4 is 5.95 Å². The lowest BCUT2D eigenvalue weighted by molar-refractivity contribution is 0.122. The van der Waals surface area contributed by atoms with Gasteiger partial charge in [-0.3, -0.25) is 0 Å². The van der Waals surface area contributed by atoms with Gasteiger partial charge in [-0.05, 0) is 12.1 Å². The van der Waals surface area contributed by atoms with Gasteiger partial charge in [0.2, 0.25) is 11.8 Å². The fourth-order valence-corrected chi connectivity index (χ4v) is 2.72. The van der Waals surface area contributed by atoms with E-state index in [4.69, 9.17) is 9.47 Å². The molecular formula is C17H21N3O4. The van der Waals surface area contributed by atoms with E-state index in [9.17, 15) is 10.2 Å². The van der Waals surface area contributed by atoms with Crippen LogP contribution in [0.1, 0.15) is 5.56 Å². The fourth-order valence-electron chi connectivity index (χ4n) is 2.72. The maximum atomic E-state index is 10.4. The number of ether oxygens (including phenoxy) is 2. The van der Waals surface area contributed by atoms with E-state index in [-0.39, 0.29) is 18.9 Å². The van der Waals surface area contributed by atoms with Crippen molar-refractivity contribution in [2.75, 3.05) is 44.9 Å². The second kappa shape index (κ2) is 7.46. The van der Waals surface area contributed by atoms with Crippen molar-refractivity contribution < 1.29 is 19.7 Å². The lowest BCUT2D eigenvalue weighted by atomic mass is 10.0. The van der Waals surface area contributed by atoms with Gasteiger partial charge >= 0.3 is 0 Å². The number of hydrogen-bond donors (Lipinski definition) is 2. The van der Waals surface area contributed by atoms with E-state index in [1.165, 1.54) is 0 Å². The number of nitrogens with zero attached hydrogens (tertiary/aromatic N) is 3. The molecule has 0 radical (unpaired) electrons. The highest BCUT2D eigenvalue weighted by Crippen LogP contribution is 2.31. The van der Waals surface area contributed by atoms with Crippen LogP contribution in [0, 0.1) is 0 Å². The predicted molar refractivity (Wildman–Crippen MR) is 89.5 cm³/mol. The van der Waals surface area contributed by atoms with Crippen LogP contribution in [-0.2, 0) is 11.2 Å². The van der Waals surface area contributed by atoms with Crippen molar-refractivity contribution in [2.45, 2.75) is 6.42 Å². The van der Waals surface area contributed by atoms with E-state index in [0.29, 0.717) is 49.3 Å². The van der Waals surface area contributed by atoms with Gasteiger partial charge in [0, 0.05) is 37.2 Å². The SMILES string of the molecule is COc1cccc(-c2nc(N3CCOCC3)nc(O)c2CCO)c1. The molecule has 0 aliphatic carbocycles. The highest BCUT2D eigenvalue weighted by atomic mass is 16.5. The lowest BCUT2D eigenvalue weighted by Crippen LogP contribution is -2.37. The Labute approximate surface area is 140 Å². The van der Waals surface area contributed by atoms with Crippen LogP contribution < -0.4 is 9.64 Å². The third-order valence-electron chi connectivity index (χ3n) is 3.97. The molecule has 2 N–H and O–H groups in total. The Morgan fingerprint density at radius 3 is 2.75 bits per heavy atom. The zero-order valence-corrected chi connectivity index (χ0v) is 13.6. The molecule has 1 aliphatic rings. The molecule has 2 aromatic rings. The van der Waals surface area contributed by atoms with Crippen molar-refractivity contribution in [3.63, 3.8) is 0 Å². The second-order valence-corrected chi connectivity index (χ2v) is 5.48. The number of hydrogen-bond acceptors (Lipinski definition) is 7. The molecule has 1 aromatic heterocycles. The summed E-state index contributed by atoms with van der Waals surface area (Å²) in [5.74, 6) is 1.07. The lowest BCUT2D eigenvalue weighted by Gasteiger charge is -2.27. The highest BCUT2D eigenvalue weighted by Gasteiger charge is 2.20. The summed E-state index contributed by atoms with van der Waals surface area (Å²) in [6, 6.07) is 7.46. The van der Waals surface area contributed by atoms with Gasteiger partial charge in [-0.2, -0.15) is 4.98 Å². The molecule has 1 fully saturated rings. The molecule has 1 saturated heterocycles. The summed E-state index contributed by atoms with van der Waals surface area (Å²) in [7, 11) is 1.60. The minimum Gasteiger partial charge on any atom is -0.497 e. The number of aliphatic hydroxyl groups excluding tert-OH is 1. The maximum absolute atomic E-state index is 10.4. The van der Waals surface area contributed by atoms with Gasteiger partial charge in [0.1, 0.15) is 5.75 Å². The van der Waals surface area contributed by atoms with Crippen LogP contribution in [0.3, 0.4) is 0 Å². The zero-order chi connectivity index (χ0) is 16.9. The molecule has 7 heteroatoms. The molecular weight excluding hydrogens is 310 g/mol. The maximum Gasteiger partial charge on any atom is 0.229 e. The first kappa shape index (κ1) is 16.5. The molecule has 3 rings (SSSR count). The number of aromatic nitrogens is 2. The average molecular weight is 331 g/mol. The van der Waals surface area contributed by atoms with Gasteiger partial charge in [-0.1, -0.05) is 12.1 Å². The van der Waals surface area contributed by atoms with E-state index < -0.39 is 0 Å². The quantitative estimate of drug-likeness (QED) is 0.852. The van der Waals surface area contributed by atoms with E-state index in [2.05, 4.69) is 9.97 Å². The molecule has 0 bridgehead atoms. The molecule has 24 heavy (non-hydrogen) atoms. The van der Waals surface area contributed by atoms with Crippen molar-refractivity contribution in [3.05, 3.63) is 29.8 Å². The van der Waals surface area contributed by atoms with Crippen LogP contribution in [0.15, 0.2) is 24.3 Å². The van der Waals surface area contributed by atoms with Gasteiger partial charge in [0.25, 0.3) is 0 Å². The Kier molecular flexibility index (Phi) is 5.12. The first-order valence-electron chi connectivity index (χ1n) is 7.90. The first-order chi connectivity index (χ1) is 11.7. The summed E-state index contributed by atoms with van der Waals surface area (Å²) in [5.41, 5.74) is 1.95. The van der Waals surface area contributed by atoms with Gasteiger partial charge in [-0.25, -0.2) is 4.98 Å². The summed E-state index contributed by atoms with van der Waals surface area (Å²) in [6.45, 7) is 2.48. The smallest absolute Gasteiger partial charge is 0.229 e. The summed E-state index contributed by atoms with van der Waals surface area (Å²) >= 11 is 0. The Morgan fingerprint density at radius 2 is 2.04 bits per heavy atom. The number of anilines is 1. The van der Waals surface area contributed by atoms with E-state index in [1.807, 2.05) is 29.2 Å². The summed E-state index contributed by atoms with van der Waals surface area (Å²) in [5, 5.41) is 19.7. The molecule has 1 aromatic carbocycles. The van der Waals surface area contributed by atoms with E-state index in [0.717, 1.165) is 5.56 Å². The van der Waals surface area contributed by atoms with E-state index >= 15 is 0 Å². The zero-order valence-electron chi connectivity index (χ0n) is 13.6.